The Labute approximate surface area is 98.1 Å². The first kappa shape index (κ1) is 11.2. The molecule has 5 heteroatoms. The minimum atomic E-state index is -0.994. The molecule has 0 bridgehead atoms. The molecule has 0 spiro atoms. The summed E-state index contributed by atoms with van der Waals surface area (Å²) in [6.07, 6.45) is 4.04. The number of aromatic nitrogens is 2. The number of hydrogen-bond donors (Lipinski definition) is 2. The van der Waals surface area contributed by atoms with E-state index in [2.05, 4.69) is 9.97 Å². The zero-order chi connectivity index (χ0) is 12.3. The van der Waals surface area contributed by atoms with E-state index in [1.807, 2.05) is 0 Å². The number of carboxylic acid groups (broad SMARTS) is 1. The fraction of sp³-hybridized carbons (Fsp3) is 0.167. The van der Waals surface area contributed by atoms with E-state index in [0.717, 1.165) is 11.4 Å². The van der Waals surface area contributed by atoms with Gasteiger partial charge in [-0.05, 0) is 17.7 Å². The number of aromatic amines is 1. The fourth-order valence-electron chi connectivity index (χ4n) is 1.61. The largest absolute Gasteiger partial charge is 0.496 e. The average Bonchev–Trinajstić information content (AvgIpc) is 2.81. The second kappa shape index (κ2) is 4.69. The lowest BCUT2D eigenvalue weighted by Crippen LogP contribution is -2.01. The molecular weight excluding hydrogens is 220 g/mol. The topological polar surface area (TPSA) is 75.2 Å². The second-order valence-electron chi connectivity index (χ2n) is 3.55. The van der Waals surface area contributed by atoms with Gasteiger partial charge >= 0.3 is 5.97 Å². The van der Waals surface area contributed by atoms with Crippen molar-refractivity contribution in [2.45, 2.75) is 6.42 Å². The van der Waals surface area contributed by atoms with E-state index in [-0.39, 0.29) is 5.56 Å². The van der Waals surface area contributed by atoms with Gasteiger partial charge in [0.15, 0.2) is 0 Å². The number of nitrogens with one attached hydrogen (secondary N) is 1. The van der Waals surface area contributed by atoms with Gasteiger partial charge in [-0.25, -0.2) is 9.78 Å². The molecule has 0 amide bonds. The van der Waals surface area contributed by atoms with Gasteiger partial charge in [-0.2, -0.15) is 0 Å². The minimum absolute atomic E-state index is 0.163. The Morgan fingerprint density at radius 1 is 1.53 bits per heavy atom. The third-order valence-electron chi connectivity index (χ3n) is 2.42. The third-order valence-corrected chi connectivity index (χ3v) is 2.42. The maximum atomic E-state index is 10.9. The number of hydrogen-bond acceptors (Lipinski definition) is 3. The number of aromatic carboxylic acids is 1. The van der Waals surface area contributed by atoms with E-state index >= 15 is 0 Å². The molecule has 0 saturated heterocycles. The molecule has 0 atom stereocenters. The van der Waals surface area contributed by atoms with Gasteiger partial charge in [0.25, 0.3) is 0 Å². The standard InChI is InChI=1S/C12H12N2O3/c1-17-10-6-8(2-3-9(10)12(15)16)7-11-13-4-5-14-11/h2-6H,7H2,1H3,(H,13,14)(H,15,16). The van der Waals surface area contributed by atoms with Crippen LogP contribution < -0.4 is 4.74 Å². The van der Waals surface area contributed by atoms with Crippen LogP contribution >= 0.6 is 0 Å². The van der Waals surface area contributed by atoms with Crippen molar-refractivity contribution in [3.05, 3.63) is 47.5 Å². The van der Waals surface area contributed by atoms with Crippen molar-refractivity contribution >= 4 is 5.97 Å². The number of methoxy groups -OCH3 is 1. The van der Waals surface area contributed by atoms with Crippen LogP contribution in [0.5, 0.6) is 5.75 Å². The molecule has 2 rings (SSSR count). The molecule has 1 aromatic carbocycles. The summed E-state index contributed by atoms with van der Waals surface area (Å²) < 4.78 is 5.06. The molecule has 1 heterocycles. The van der Waals surface area contributed by atoms with Crippen molar-refractivity contribution in [2.75, 3.05) is 7.11 Å². The first-order chi connectivity index (χ1) is 8.20. The lowest BCUT2D eigenvalue weighted by molar-refractivity contribution is 0.0693. The SMILES string of the molecule is COc1cc(Cc2ncc[nH]2)ccc1C(=O)O. The molecule has 1 aromatic heterocycles. The zero-order valence-electron chi connectivity index (χ0n) is 9.30. The van der Waals surface area contributed by atoms with Gasteiger partial charge in [-0.3, -0.25) is 0 Å². The number of carbonyl (C=O) groups is 1. The number of nitrogens with zero attached hydrogens (tertiary/aromatic N) is 1. The summed E-state index contributed by atoms with van der Waals surface area (Å²) in [6, 6.07) is 5.01. The summed E-state index contributed by atoms with van der Waals surface area (Å²) in [5, 5.41) is 8.95. The molecule has 0 aliphatic rings. The molecule has 0 aliphatic heterocycles. The average molecular weight is 232 g/mol. The maximum Gasteiger partial charge on any atom is 0.339 e. The van der Waals surface area contributed by atoms with Crippen LogP contribution in [0.3, 0.4) is 0 Å². The normalized spacial score (nSPS) is 10.2. The smallest absolute Gasteiger partial charge is 0.339 e. The highest BCUT2D eigenvalue weighted by atomic mass is 16.5. The van der Waals surface area contributed by atoms with Gasteiger partial charge in [0, 0.05) is 18.8 Å². The van der Waals surface area contributed by atoms with E-state index in [0.29, 0.717) is 12.2 Å². The van der Waals surface area contributed by atoms with E-state index in [9.17, 15) is 4.79 Å². The van der Waals surface area contributed by atoms with Crippen LogP contribution in [-0.2, 0) is 6.42 Å². The third kappa shape index (κ3) is 2.44. The summed E-state index contributed by atoms with van der Waals surface area (Å²) in [6.45, 7) is 0. The van der Waals surface area contributed by atoms with Gasteiger partial charge in [0.1, 0.15) is 17.1 Å². The minimum Gasteiger partial charge on any atom is -0.496 e. The van der Waals surface area contributed by atoms with Crippen LogP contribution in [0.4, 0.5) is 0 Å². The van der Waals surface area contributed by atoms with Crippen LogP contribution in [0.25, 0.3) is 0 Å². The molecule has 0 saturated carbocycles. The van der Waals surface area contributed by atoms with Crippen LogP contribution in [0.2, 0.25) is 0 Å². The highest BCUT2D eigenvalue weighted by Crippen LogP contribution is 2.21. The first-order valence-corrected chi connectivity index (χ1v) is 5.09. The molecule has 17 heavy (non-hydrogen) atoms. The van der Waals surface area contributed by atoms with Gasteiger partial charge in [-0.15, -0.1) is 0 Å². The highest BCUT2D eigenvalue weighted by molar-refractivity contribution is 5.90. The van der Waals surface area contributed by atoms with E-state index in [4.69, 9.17) is 9.84 Å². The summed E-state index contributed by atoms with van der Waals surface area (Å²) in [7, 11) is 1.46. The van der Waals surface area contributed by atoms with E-state index in [1.165, 1.54) is 7.11 Å². The van der Waals surface area contributed by atoms with E-state index < -0.39 is 5.97 Å². The molecular formula is C12H12N2O3. The fourth-order valence-corrected chi connectivity index (χ4v) is 1.61. The van der Waals surface area contributed by atoms with Crippen molar-refractivity contribution in [1.29, 1.82) is 0 Å². The van der Waals surface area contributed by atoms with Crippen LogP contribution in [0, 0.1) is 0 Å². The summed E-state index contributed by atoms with van der Waals surface area (Å²) in [4.78, 5) is 18.0. The Bertz CT molecular complexity index is 521. The van der Waals surface area contributed by atoms with Gasteiger partial charge in [0.05, 0.1) is 7.11 Å². The molecule has 2 N–H and O–H groups in total. The summed E-state index contributed by atoms with van der Waals surface area (Å²) in [5.41, 5.74) is 1.11. The summed E-state index contributed by atoms with van der Waals surface area (Å²) in [5.74, 6) is 0.197. The molecule has 2 aromatic rings. The number of carboxylic acids is 1. The lowest BCUT2D eigenvalue weighted by atomic mass is 10.1. The monoisotopic (exact) mass is 232 g/mol. The predicted molar refractivity (Wildman–Crippen MR) is 61.3 cm³/mol. The number of benzene rings is 1. The van der Waals surface area contributed by atoms with Crippen LogP contribution in [-0.4, -0.2) is 28.2 Å². The molecule has 0 unspecified atom stereocenters. The quantitative estimate of drug-likeness (QED) is 0.841. The Kier molecular flexibility index (Phi) is 3.09. The Morgan fingerprint density at radius 2 is 2.35 bits per heavy atom. The van der Waals surface area contributed by atoms with Crippen molar-refractivity contribution in [1.82, 2.24) is 9.97 Å². The molecule has 88 valence electrons. The summed E-state index contributed by atoms with van der Waals surface area (Å²) >= 11 is 0. The van der Waals surface area contributed by atoms with Crippen molar-refractivity contribution in [3.63, 3.8) is 0 Å². The van der Waals surface area contributed by atoms with Gasteiger partial charge < -0.3 is 14.8 Å². The van der Waals surface area contributed by atoms with Crippen LogP contribution in [0.1, 0.15) is 21.7 Å². The molecule has 0 radical (unpaired) electrons. The lowest BCUT2D eigenvalue weighted by Gasteiger charge is -2.07. The number of H-pyrrole nitrogens is 1. The molecule has 0 fully saturated rings. The van der Waals surface area contributed by atoms with Crippen molar-refractivity contribution < 1.29 is 14.6 Å². The first-order valence-electron chi connectivity index (χ1n) is 5.09. The Morgan fingerprint density at radius 3 is 2.94 bits per heavy atom. The molecule has 0 aliphatic carbocycles. The van der Waals surface area contributed by atoms with Crippen LogP contribution in [0.15, 0.2) is 30.6 Å². The Balaban J connectivity index is 2.28. The number of imidazole rings is 1. The zero-order valence-corrected chi connectivity index (χ0v) is 9.30. The van der Waals surface area contributed by atoms with Gasteiger partial charge in [0.2, 0.25) is 0 Å². The van der Waals surface area contributed by atoms with Crippen molar-refractivity contribution in [2.24, 2.45) is 0 Å². The van der Waals surface area contributed by atoms with E-state index in [1.54, 1.807) is 30.6 Å². The van der Waals surface area contributed by atoms with Crippen molar-refractivity contribution in [3.8, 4) is 5.75 Å². The predicted octanol–water partition coefficient (Wildman–Crippen LogP) is 1.71. The highest BCUT2D eigenvalue weighted by Gasteiger charge is 2.11. The Hall–Kier alpha value is -2.30. The number of rotatable bonds is 4. The maximum absolute atomic E-state index is 10.9. The van der Waals surface area contributed by atoms with Gasteiger partial charge in [-0.1, -0.05) is 6.07 Å². The number of ether oxygens (including phenoxy) is 1. The second-order valence-corrected chi connectivity index (χ2v) is 3.55. The molecule has 5 nitrogen and oxygen atoms in total.